The van der Waals surface area contributed by atoms with Crippen molar-refractivity contribution in [2.24, 2.45) is 0 Å². The van der Waals surface area contributed by atoms with Crippen LogP contribution in [0.3, 0.4) is 0 Å². The Morgan fingerprint density at radius 1 is 1.11 bits per heavy atom. The molecule has 0 amide bonds. The lowest BCUT2D eigenvalue weighted by molar-refractivity contribution is 0.114. The Kier molecular flexibility index (Phi) is 7.51. The maximum atomic E-state index is 6.10. The molecule has 0 unspecified atom stereocenters. The zero-order chi connectivity index (χ0) is 19.8. The van der Waals surface area contributed by atoms with Crippen LogP contribution >= 0.6 is 12.2 Å². The number of piperidine rings is 1. The molecule has 150 valence electrons. The van der Waals surface area contributed by atoms with Gasteiger partial charge in [0.25, 0.3) is 0 Å². The summed E-state index contributed by atoms with van der Waals surface area (Å²) in [6.07, 6.45) is 2.50. The van der Waals surface area contributed by atoms with Gasteiger partial charge in [-0.2, -0.15) is 0 Å². The van der Waals surface area contributed by atoms with Crippen LogP contribution in [0.2, 0.25) is 0 Å². The first kappa shape index (κ1) is 20.4. The monoisotopic (exact) mass is 399 g/mol. The molecule has 0 bridgehead atoms. The van der Waals surface area contributed by atoms with Gasteiger partial charge in [-0.25, -0.2) is 0 Å². The summed E-state index contributed by atoms with van der Waals surface area (Å²) in [5, 5.41) is 7.01. The minimum absolute atomic E-state index is 0.324. The summed E-state index contributed by atoms with van der Waals surface area (Å²) in [5.41, 5.74) is 2.06. The first-order chi connectivity index (χ1) is 13.6. The predicted molar refractivity (Wildman–Crippen MR) is 118 cm³/mol. The first-order valence-electron chi connectivity index (χ1n) is 9.84. The molecule has 1 heterocycles. The number of likely N-dealkylation sites (tertiary alicyclic amines) is 1. The average Bonchev–Trinajstić information content (AvgIpc) is 2.70. The second-order valence-electron chi connectivity index (χ2n) is 7.03. The highest BCUT2D eigenvalue weighted by atomic mass is 32.1. The highest BCUT2D eigenvalue weighted by Gasteiger charge is 2.17. The number of hydrogen-bond donors (Lipinski definition) is 2. The van der Waals surface area contributed by atoms with Gasteiger partial charge >= 0.3 is 0 Å². The molecule has 3 rings (SSSR count). The molecule has 2 N–H and O–H groups in total. The van der Waals surface area contributed by atoms with Crippen molar-refractivity contribution in [3.8, 4) is 11.5 Å². The van der Waals surface area contributed by atoms with Gasteiger partial charge in [0, 0.05) is 31.4 Å². The van der Waals surface area contributed by atoms with Gasteiger partial charge in [0.05, 0.1) is 6.61 Å². The molecule has 2 aromatic carbocycles. The standard InChI is InChI=1S/C22H29N3O2S/c1-3-26-21-6-4-5-18(15-21)24-22(28)23-16-17-7-9-19(10-8-17)27-20-11-13-25(2)14-12-20/h4-10,15,20H,3,11-14,16H2,1-2H3,(H2,23,24,28). The molecule has 1 aliphatic heterocycles. The first-order valence-corrected chi connectivity index (χ1v) is 10.2. The third-order valence-electron chi connectivity index (χ3n) is 4.75. The minimum atomic E-state index is 0.324. The van der Waals surface area contributed by atoms with E-state index >= 15 is 0 Å². The van der Waals surface area contributed by atoms with E-state index in [4.69, 9.17) is 21.7 Å². The molecule has 1 fully saturated rings. The second-order valence-corrected chi connectivity index (χ2v) is 7.44. The predicted octanol–water partition coefficient (Wildman–Crippen LogP) is 4.04. The van der Waals surface area contributed by atoms with E-state index in [1.165, 1.54) is 0 Å². The number of benzene rings is 2. The fourth-order valence-corrected chi connectivity index (χ4v) is 3.36. The van der Waals surface area contributed by atoms with Crippen LogP contribution in [-0.4, -0.2) is 42.9 Å². The molecule has 0 spiro atoms. The highest BCUT2D eigenvalue weighted by molar-refractivity contribution is 7.80. The molecule has 5 nitrogen and oxygen atoms in total. The van der Waals surface area contributed by atoms with Crippen LogP contribution < -0.4 is 20.1 Å². The van der Waals surface area contributed by atoms with Crippen molar-refractivity contribution >= 4 is 23.0 Å². The summed E-state index contributed by atoms with van der Waals surface area (Å²) < 4.78 is 11.6. The van der Waals surface area contributed by atoms with Crippen molar-refractivity contribution in [2.75, 3.05) is 32.1 Å². The summed E-state index contributed by atoms with van der Waals surface area (Å²) in [5.74, 6) is 1.77. The van der Waals surface area contributed by atoms with Gasteiger partial charge in [0.1, 0.15) is 17.6 Å². The smallest absolute Gasteiger partial charge is 0.171 e. The molecule has 28 heavy (non-hydrogen) atoms. The van der Waals surface area contributed by atoms with Crippen LogP contribution in [0.5, 0.6) is 11.5 Å². The van der Waals surface area contributed by atoms with E-state index in [-0.39, 0.29) is 0 Å². The quantitative estimate of drug-likeness (QED) is 0.685. The molecule has 0 atom stereocenters. The van der Waals surface area contributed by atoms with Crippen molar-refractivity contribution in [2.45, 2.75) is 32.4 Å². The summed E-state index contributed by atoms with van der Waals surface area (Å²) in [4.78, 5) is 2.35. The molecule has 6 heteroatoms. The van der Waals surface area contributed by atoms with Gasteiger partial charge in [-0.1, -0.05) is 18.2 Å². The second kappa shape index (κ2) is 10.3. The van der Waals surface area contributed by atoms with Gasteiger partial charge in [0.15, 0.2) is 5.11 Å². The van der Waals surface area contributed by atoms with Crippen molar-refractivity contribution in [3.63, 3.8) is 0 Å². The zero-order valence-corrected chi connectivity index (χ0v) is 17.4. The molecule has 0 saturated carbocycles. The van der Waals surface area contributed by atoms with Crippen LogP contribution in [0.25, 0.3) is 0 Å². The number of thiocarbonyl (C=S) groups is 1. The normalized spacial score (nSPS) is 15.1. The van der Waals surface area contributed by atoms with Crippen LogP contribution in [0.15, 0.2) is 48.5 Å². The van der Waals surface area contributed by atoms with Crippen molar-refractivity contribution in [1.82, 2.24) is 10.2 Å². The number of hydrogen-bond acceptors (Lipinski definition) is 4. The molecule has 0 aliphatic carbocycles. The third-order valence-corrected chi connectivity index (χ3v) is 4.99. The summed E-state index contributed by atoms with van der Waals surface area (Å²) in [6.45, 7) is 5.47. The lowest BCUT2D eigenvalue weighted by Crippen LogP contribution is -2.35. The van der Waals surface area contributed by atoms with E-state index in [2.05, 4.69) is 34.7 Å². The molecule has 0 aromatic heterocycles. The Labute approximate surface area is 173 Å². The lowest BCUT2D eigenvalue weighted by Gasteiger charge is -2.29. The maximum absolute atomic E-state index is 6.10. The van der Waals surface area contributed by atoms with E-state index in [1.807, 2.05) is 43.3 Å². The number of nitrogens with one attached hydrogen (secondary N) is 2. The average molecular weight is 400 g/mol. The van der Waals surface area contributed by atoms with Crippen LogP contribution in [0, 0.1) is 0 Å². The topological polar surface area (TPSA) is 45.8 Å². The van der Waals surface area contributed by atoms with Gasteiger partial charge in [-0.15, -0.1) is 0 Å². The van der Waals surface area contributed by atoms with Crippen LogP contribution in [0.1, 0.15) is 25.3 Å². The Bertz CT molecular complexity index is 759. The lowest BCUT2D eigenvalue weighted by atomic mass is 10.1. The Morgan fingerprint density at radius 2 is 1.86 bits per heavy atom. The van der Waals surface area contributed by atoms with Gasteiger partial charge in [-0.3, -0.25) is 0 Å². The highest BCUT2D eigenvalue weighted by Crippen LogP contribution is 2.19. The number of anilines is 1. The van der Waals surface area contributed by atoms with Crippen molar-refractivity contribution in [3.05, 3.63) is 54.1 Å². The van der Waals surface area contributed by atoms with Gasteiger partial charge in [0.2, 0.25) is 0 Å². The largest absolute Gasteiger partial charge is 0.494 e. The van der Waals surface area contributed by atoms with Crippen LogP contribution in [-0.2, 0) is 6.54 Å². The number of ether oxygens (including phenoxy) is 2. The van der Waals surface area contributed by atoms with Crippen LogP contribution in [0.4, 0.5) is 5.69 Å². The Morgan fingerprint density at radius 3 is 2.57 bits per heavy atom. The van der Waals surface area contributed by atoms with E-state index in [0.717, 1.165) is 48.7 Å². The fourth-order valence-electron chi connectivity index (χ4n) is 3.17. The Balaban J connectivity index is 1.44. The van der Waals surface area contributed by atoms with Crippen molar-refractivity contribution in [1.29, 1.82) is 0 Å². The maximum Gasteiger partial charge on any atom is 0.171 e. The molecule has 1 aliphatic rings. The van der Waals surface area contributed by atoms with E-state index in [9.17, 15) is 0 Å². The molecular weight excluding hydrogens is 370 g/mol. The third kappa shape index (κ3) is 6.39. The Hall–Kier alpha value is -2.31. The summed E-state index contributed by atoms with van der Waals surface area (Å²) in [6, 6.07) is 16.0. The molecule has 2 aromatic rings. The van der Waals surface area contributed by atoms with E-state index < -0.39 is 0 Å². The summed E-state index contributed by atoms with van der Waals surface area (Å²) >= 11 is 5.39. The van der Waals surface area contributed by atoms with Gasteiger partial charge in [-0.05, 0) is 68.9 Å². The zero-order valence-electron chi connectivity index (χ0n) is 16.6. The van der Waals surface area contributed by atoms with Gasteiger partial charge < -0.3 is 25.0 Å². The molecule has 1 saturated heterocycles. The SMILES string of the molecule is CCOc1cccc(NC(=S)NCc2ccc(OC3CCN(C)CC3)cc2)c1. The molecule has 0 radical (unpaired) electrons. The number of nitrogens with zero attached hydrogens (tertiary/aromatic N) is 1. The van der Waals surface area contributed by atoms with E-state index in [1.54, 1.807) is 0 Å². The summed E-state index contributed by atoms with van der Waals surface area (Å²) in [7, 11) is 2.16. The number of rotatable bonds is 7. The van der Waals surface area contributed by atoms with E-state index in [0.29, 0.717) is 24.4 Å². The fraction of sp³-hybridized carbons (Fsp3) is 0.409. The minimum Gasteiger partial charge on any atom is -0.494 e. The van der Waals surface area contributed by atoms with Crippen molar-refractivity contribution < 1.29 is 9.47 Å². The molecular formula is C22H29N3O2S.